The highest BCUT2D eigenvalue weighted by Gasteiger charge is 2.66. The molecule has 0 aromatic heterocycles. The molecule has 1 spiro atoms. The molecule has 2 saturated heterocycles. The summed E-state index contributed by atoms with van der Waals surface area (Å²) in [6, 6.07) is 5.36. The standard InChI is InChI=1S/C25H35FN2O7Si/c1-16-22(36(3,4)26)20(10-13-29)35-25(16)18-15-17(27-12-14-34-24(27)32)8-9-19(18)28(23(25)31)11-6-5-7-21(30)33-2/h8-9,15-16,20,22,29H,5-7,10-14H2,1-4H3/t16-,20+,22-,25+/m1/s1. The predicted molar refractivity (Wildman–Crippen MR) is 133 cm³/mol. The topological polar surface area (TPSA) is 106 Å². The number of amides is 2. The highest BCUT2D eigenvalue weighted by Crippen LogP contribution is 2.60. The average Bonchev–Trinajstić information content (AvgIpc) is 3.45. The molecule has 0 aliphatic carbocycles. The van der Waals surface area contributed by atoms with Crippen LogP contribution in [-0.2, 0) is 29.4 Å². The first-order valence-electron chi connectivity index (χ1n) is 12.5. The van der Waals surface area contributed by atoms with Gasteiger partial charge in [-0.25, -0.2) is 4.79 Å². The van der Waals surface area contributed by atoms with Gasteiger partial charge in [0.25, 0.3) is 5.91 Å². The fourth-order valence-electron chi connectivity index (χ4n) is 6.09. The number of cyclic esters (lactones) is 1. The number of ether oxygens (including phenoxy) is 3. The SMILES string of the molecule is COC(=O)CCCCN1C(=O)[C@@]2(O[C@@H](CCO)[C@H]([Si](C)(C)F)[C@H]2C)c2cc(N3CCOC3=O)ccc21. The summed E-state index contributed by atoms with van der Waals surface area (Å²) in [7, 11) is -1.95. The van der Waals surface area contributed by atoms with Crippen molar-refractivity contribution in [2.75, 3.05) is 43.2 Å². The van der Waals surface area contributed by atoms with Gasteiger partial charge in [-0.1, -0.05) is 6.92 Å². The van der Waals surface area contributed by atoms with E-state index in [0.717, 1.165) is 0 Å². The Morgan fingerprint density at radius 1 is 1.31 bits per heavy atom. The van der Waals surface area contributed by atoms with Gasteiger partial charge in [-0.3, -0.25) is 14.5 Å². The van der Waals surface area contributed by atoms with Crippen molar-refractivity contribution in [2.24, 2.45) is 5.92 Å². The molecule has 0 unspecified atom stereocenters. The van der Waals surface area contributed by atoms with E-state index in [1.807, 2.05) is 6.92 Å². The van der Waals surface area contributed by atoms with Crippen molar-refractivity contribution in [1.82, 2.24) is 0 Å². The molecule has 36 heavy (non-hydrogen) atoms. The molecule has 2 amide bonds. The van der Waals surface area contributed by atoms with E-state index in [1.54, 1.807) is 36.2 Å². The van der Waals surface area contributed by atoms with Gasteiger partial charge in [0.15, 0.2) is 5.60 Å². The molecule has 1 N–H and O–H groups in total. The van der Waals surface area contributed by atoms with Gasteiger partial charge in [-0.2, -0.15) is 0 Å². The third-order valence-electron chi connectivity index (χ3n) is 7.67. The van der Waals surface area contributed by atoms with Crippen LogP contribution in [0.15, 0.2) is 18.2 Å². The Balaban J connectivity index is 1.74. The molecule has 2 fully saturated rings. The van der Waals surface area contributed by atoms with Crippen LogP contribution in [0, 0.1) is 5.92 Å². The zero-order valence-electron chi connectivity index (χ0n) is 21.3. The van der Waals surface area contributed by atoms with E-state index in [2.05, 4.69) is 0 Å². The molecule has 4 rings (SSSR count). The van der Waals surface area contributed by atoms with Gasteiger partial charge < -0.3 is 28.3 Å². The number of hydrogen-bond acceptors (Lipinski definition) is 7. The second-order valence-corrected chi connectivity index (χ2v) is 14.0. The third kappa shape index (κ3) is 4.41. The maximum absolute atomic E-state index is 15.6. The van der Waals surface area contributed by atoms with Gasteiger partial charge in [-0.05, 0) is 50.6 Å². The summed E-state index contributed by atoms with van der Waals surface area (Å²) in [4.78, 5) is 41.1. The van der Waals surface area contributed by atoms with E-state index >= 15 is 4.11 Å². The lowest BCUT2D eigenvalue weighted by molar-refractivity contribution is -0.146. The van der Waals surface area contributed by atoms with E-state index in [-0.39, 0.29) is 37.9 Å². The van der Waals surface area contributed by atoms with Crippen molar-refractivity contribution in [3.63, 3.8) is 0 Å². The fourth-order valence-corrected chi connectivity index (χ4v) is 8.63. The monoisotopic (exact) mass is 522 g/mol. The zero-order chi connectivity index (χ0) is 26.3. The van der Waals surface area contributed by atoms with Crippen LogP contribution < -0.4 is 9.80 Å². The van der Waals surface area contributed by atoms with Crippen molar-refractivity contribution >= 4 is 37.8 Å². The van der Waals surface area contributed by atoms with Crippen molar-refractivity contribution in [2.45, 2.75) is 62.9 Å². The summed E-state index contributed by atoms with van der Waals surface area (Å²) < 4.78 is 31.9. The van der Waals surface area contributed by atoms with Crippen LogP contribution in [0.5, 0.6) is 0 Å². The first kappa shape index (κ1) is 26.6. The molecule has 198 valence electrons. The summed E-state index contributed by atoms with van der Waals surface area (Å²) >= 11 is 0. The number of hydrogen-bond donors (Lipinski definition) is 1. The summed E-state index contributed by atoms with van der Waals surface area (Å²) in [6.07, 6.45) is 0.540. The summed E-state index contributed by atoms with van der Waals surface area (Å²) in [5.41, 5.74) is -0.0679. The Kier molecular flexibility index (Phi) is 7.45. The number of unbranched alkanes of at least 4 members (excludes halogenated alkanes) is 1. The Hall–Kier alpha value is -2.50. The van der Waals surface area contributed by atoms with E-state index in [1.165, 1.54) is 12.0 Å². The van der Waals surface area contributed by atoms with Crippen LogP contribution in [0.2, 0.25) is 18.6 Å². The number of methoxy groups -OCH3 is 1. The van der Waals surface area contributed by atoms with Crippen LogP contribution in [0.3, 0.4) is 0 Å². The molecule has 3 heterocycles. The molecular weight excluding hydrogens is 487 g/mol. The fraction of sp³-hybridized carbons (Fsp3) is 0.640. The number of rotatable bonds is 9. The van der Waals surface area contributed by atoms with E-state index in [0.29, 0.717) is 42.9 Å². The average molecular weight is 523 g/mol. The highest BCUT2D eigenvalue weighted by molar-refractivity contribution is 6.72. The molecule has 11 heteroatoms. The number of benzene rings is 1. The van der Waals surface area contributed by atoms with Crippen LogP contribution in [0.4, 0.5) is 20.3 Å². The van der Waals surface area contributed by atoms with Gasteiger partial charge in [0.1, 0.15) is 6.61 Å². The minimum Gasteiger partial charge on any atom is -0.469 e. The Morgan fingerprint density at radius 3 is 2.67 bits per heavy atom. The second kappa shape index (κ2) is 10.1. The number of fused-ring (bicyclic) bond motifs is 2. The van der Waals surface area contributed by atoms with E-state index < -0.39 is 37.7 Å². The number of nitrogens with zero attached hydrogens (tertiary/aromatic N) is 2. The Bertz CT molecular complexity index is 1030. The summed E-state index contributed by atoms with van der Waals surface area (Å²) in [5.74, 6) is -1.06. The lowest BCUT2D eigenvalue weighted by Gasteiger charge is -2.31. The lowest BCUT2D eigenvalue weighted by atomic mass is 9.82. The van der Waals surface area contributed by atoms with Crippen LogP contribution in [0.25, 0.3) is 0 Å². The van der Waals surface area contributed by atoms with E-state index in [4.69, 9.17) is 14.2 Å². The van der Waals surface area contributed by atoms with Crippen molar-refractivity contribution in [3.8, 4) is 0 Å². The molecule has 1 aromatic rings. The van der Waals surface area contributed by atoms with Crippen LogP contribution in [0.1, 0.15) is 38.2 Å². The number of aliphatic hydroxyl groups excluding tert-OH is 1. The first-order valence-corrected chi connectivity index (χ1v) is 15.5. The Labute approximate surface area is 211 Å². The largest absolute Gasteiger partial charge is 0.469 e. The predicted octanol–water partition coefficient (Wildman–Crippen LogP) is 3.49. The molecule has 3 aliphatic rings. The number of halogens is 1. The molecule has 3 aliphatic heterocycles. The Morgan fingerprint density at radius 2 is 2.06 bits per heavy atom. The maximum Gasteiger partial charge on any atom is 0.414 e. The molecular formula is C25H35FN2O7Si. The van der Waals surface area contributed by atoms with Crippen molar-refractivity contribution in [3.05, 3.63) is 23.8 Å². The smallest absolute Gasteiger partial charge is 0.414 e. The van der Waals surface area contributed by atoms with Crippen molar-refractivity contribution in [1.29, 1.82) is 0 Å². The minimum atomic E-state index is -3.29. The first-order chi connectivity index (χ1) is 17.1. The summed E-state index contributed by atoms with van der Waals surface area (Å²) in [5, 5.41) is 9.69. The van der Waals surface area contributed by atoms with Gasteiger partial charge in [0.2, 0.25) is 8.41 Å². The molecule has 1 aromatic carbocycles. The number of aliphatic hydroxyl groups is 1. The van der Waals surface area contributed by atoms with Crippen LogP contribution >= 0.6 is 0 Å². The molecule has 4 atom stereocenters. The molecule has 0 saturated carbocycles. The zero-order valence-corrected chi connectivity index (χ0v) is 22.3. The van der Waals surface area contributed by atoms with Gasteiger partial charge in [-0.15, -0.1) is 0 Å². The maximum atomic E-state index is 15.6. The lowest BCUT2D eigenvalue weighted by Crippen LogP contribution is -2.45. The molecule has 9 nitrogen and oxygen atoms in total. The van der Waals surface area contributed by atoms with Gasteiger partial charge >= 0.3 is 12.1 Å². The minimum absolute atomic E-state index is 0.174. The number of anilines is 2. The highest BCUT2D eigenvalue weighted by atomic mass is 28.4. The van der Waals surface area contributed by atoms with Gasteiger partial charge in [0, 0.05) is 42.3 Å². The number of carbonyl (C=O) groups excluding carboxylic acids is 3. The van der Waals surface area contributed by atoms with Gasteiger partial charge in [0.05, 0.1) is 25.4 Å². The molecule has 0 radical (unpaired) electrons. The second-order valence-electron chi connectivity index (χ2n) is 10.2. The number of carbonyl (C=O) groups is 3. The number of esters is 1. The van der Waals surface area contributed by atoms with E-state index in [9.17, 15) is 19.5 Å². The quantitative estimate of drug-likeness (QED) is 0.229. The third-order valence-corrected chi connectivity index (χ3v) is 10.1. The van der Waals surface area contributed by atoms with Crippen molar-refractivity contribution < 1.29 is 37.8 Å². The summed E-state index contributed by atoms with van der Waals surface area (Å²) in [6.45, 7) is 5.94. The normalized spacial score (nSPS) is 27.7. The van der Waals surface area contributed by atoms with Crippen LogP contribution in [-0.4, -0.2) is 71.0 Å². The molecule has 0 bridgehead atoms.